The van der Waals surface area contributed by atoms with E-state index in [-0.39, 0.29) is 0 Å². The molecule has 3 heterocycles. The number of para-hydroxylation sites is 1. The molecule has 0 saturated heterocycles. The molecule has 0 unspecified atom stereocenters. The van der Waals surface area contributed by atoms with Gasteiger partial charge in [0.15, 0.2) is 34.7 Å². The summed E-state index contributed by atoms with van der Waals surface area (Å²) in [6, 6.07) is 68.6. The van der Waals surface area contributed by atoms with Gasteiger partial charge in [0, 0.05) is 44.2 Å². The Bertz CT molecular complexity index is 3520. The van der Waals surface area contributed by atoms with Gasteiger partial charge in [0.1, 0.15) is 0 Å². The average molecular weight is 831 g/mol. The zero-order valence-corrected chi connectivity index (χ0v) is 34.7. The fourth-order valence-corrected chi connectivity index (χ4v) is 8.37. The highest BCUT2D eigenvalue weighted by molar-refractivity contribution is 6.11. The molecule has 8 nitrogen and oxygen atoms in total. The number of benzene rings is 8. The largest absolute Gasteiger partial charge is 0.308 e. The van der Waals surface area contributed by atoms with Gasteiger partial charge in [0.25, 0.3) is 0 Å². The third-order valence-corrected chi connectivity index (χ3v) is 11.5. The zero-order chi connectivity index (χ0) is 43.7. The van der Waals surface area contributed by atoms with Crippen molar-refractivity contribution in [3.05, 3.63) is 229 Å². The van der Waals surface area contributed by atoms with E-state index in [0.29, 0.717) is 34.7 Å². The third kappa shape index (κ3) is 7.34. The van der Waals surface area contributed by atoms with Crippen LogP contribution in [-0.2, 0) is 0 Å². The van der Waals surface area contributed by atoms with Gasteiger partial charge < -0.3 is 4.57 Å². The Kier molecular flexibility index (Phi) is 9.78. The second-order valence-electron chi connectivity index (χ2n) is 15.5. The highest BCUT2D eigenvalue weighted by atomic mass is 15.1. The molecule has 0 aliphatic carbocycles. The van der Waals surface area contributed by atoms with Crippen molar-refractivity contribution in [3.8, 4) is 84.9 Å². The molecule has 8 heteroatoms. The number of nitrogens with zero attached hydrogens (tertiary/aromatic N) is 8. The summed E-state index contributed by atoms with van der Waals surface area (Å²) < 4.78 is 2.26. The van der Waals surface area contributed by atoms with E-state index in [9.17, 15) is 0 Å². The Labute approximate surface area is 375 Å². The second-order valence-corrected chi connectivity index (χ2v) is 15.5. The van der Waals surface area contributed by atoms with Crippen LogP contribution in [0, 0.1) is 13.1 Å². The highest BCUT2D eigenvalue weighted by Gasteiger charge is 2.22. The molecule has 0 aliphatic rings. The summed E-state index contributed by atoms with van der Waals surface area (Å²) in [7, 11) is 0. The van der Waals surface area contributed by atoms with Gasteiger partial charge in [-0.2, -0.15) is 0 Å². The van der Waals surface area contributed by atoms with Crippen LogP contribution in [0.2, 0.25) is 0 Å². The van der Waals surface area contributed by atoms with E-state index in [0.717, 1.165) is 83.4 Å². The molecule has 0 amide bonds. The SMILES string of the molecule is [C-]#[N+]c1cc([N+]#[C-])cc(-c2ccc3c4ccccc4n(-c4ccc(-c5nc(-c6ccccc6)cc(-c6ccccc6)n5)cc4-c4nc(-c5ccccc5)nc(-c5ccccc5)n4)c3c2)c1. The first-order valence-corrected chi connectivity index (χ1v) is 21.1. The molecule has 0 N–H and O–H groups in total. The molecule has 3 aromatic heterocycles. The molecular formula is C57H34N8. The van der Waals surface area contributed by atoms with Gasteiger partial charge in [-0.25, -0.2) is 34.6 Å². The van der Waals surface area contributed by atoms with Crippen LogP contribution < -0.4 is 0 Å². The molecular weight excluding hydrogens is 797 g/mol. The lowest BCUT2D eigenvalue weighted by Gasteiger charge is -2.17. The number of rotatable bonds is 8. The van der Waals surface area contributed by atoms with Crippen molar-refractivity contribution >= 4 is 33.2 Å². The van der Waals surface area contributed by atoms with Crippen molar-refractivity contribution in [2.24, 2.45) is 0 Å². The van der Waals surface area contributed by atoms with Crippen molar-refractivity contribution in [1.82, 2.24) is 29.5 Å². The van der Waals surface area contributed by atoms with Gasteiger partial charge in [-0.3, -0.25) is 0 Å². The third-order valence-electron chi connectivity index (χ3n) is 11.5. The van der Waals surface area contributed by atoms with Gasteiger partial charge in [0.2, 0.25) is 0 Å². The zero-order valence-electron chi connectivity index (χ0n) is 34.7. The summed E-state index contributed by atoms with van der Waals surface area (Å²) in [5.41, 5.74) is 12.1. The van der Waals surface area contributed by atoms with E-state index in [2.05, 4.69) is 93.1 Å². The Hall–Kier alpha value is -9.37. The maximum Gasteiger partial charge on any atom is 0.177 e. The molecule has 0 atom stereocenters. The summed E-state index contributed by atoms with van der Waals surface area (Å²) in [5.74, 6) is 2.11. The van der Waals surface area contributed by atoms with Crippen molar-refractivity contribution < 1.29 is 0 Å². The lowest BCUT2D eigenvalue weighted by Crippen LogP contribution is -2.04. The van der Waals surface area contributed by atoms with Crippen LogP contribution in [0.3, 0.4) is 0 Å². The standard InChI is InChI=1S/C57H34N8/c1-58-44-31-43(32-45(35-44)59-2)41-27-29-47-46-25-15-16-26-51(46)65(53(47)34-41)52-30-28-42(56-60-49(37-17-7-3-8-18-37)36-50(61-56)38-19-9-4-10-20-38)33-48(52)57-63-54(39-21-11-5-12-22-39)62-55(64-57)40-23-13-6-14-24-40/h3-36H. The van der Waals surface area contributed by atoms with Crippen LogP contribution in [-0.4, -0.2) is 29.5 Å². The number of fused-ring (bicyclic) bond motifs is 3. The topological polar surface area (TPSA) is 78.1 Å². The number of aromatic nitrogens is 6. The Morgan fingerprint density at radius 2 is 0.800 bits per heavy atom. The monoisotopic (exact) mass is 830 g/mol. The summed E-state index contributed by atoms with van der Waals surface area (Å²) in [5, 5.41) is 2.11. The Balaban J connectivity index is 1.21. The molecule has 11 aromatic rings. The van der Waals surface area contributed by atoms with E-state index in [1.54, 1.807) is 6.07 Å². The smallest absolute Gasteiger partial charge is 0.177 e. The molecule has 0 spiro atoms. The highest BCUT2D eigenvalue weighted by Crippen LogP contribution is 2.41. The minimum atomic E-state index is 0.416. The first-order valence-electron chi connectivity index (χ1n) is 21.1. The predicted molar refractivity (Wildman–Crippen MR) is 260 cm³/mol. The number of hydrogen-bond donors (Lipinski definition) is 0. The number of hydrogen-bond acceptors (Lipinski definition) is 5. The Morgan fingerprint density at radius 1 is 0.323 bits per heavy atom. The first-order chi connectivity index (χ1) is 32.1. The maximum absolute atomic E-state index is 7.75. The van der Waals surface area contributed by atoms with Crippen LogP contribution in [0.1, 0.15) is 0 Å². The van der Waals surface area contributed by atoms with E-state index >= 15 is 0 Å². The van der Waals surface area contributed by atoms with Crippen molar-refractivity contribution in [3.63, 3.8) is 0 Å². The van der Waals surface area contributed by atoms with Crippen LogP contribution in [0.4, 0.5) is 11.4 Å². The van der Waals surface area contributed by atoms with Gasteiger partial charge >= 0.3 is 0 Å². The predicted octanol–water partition coefficient (Wildman–Crippen LogP) is 14.5. The molecule has 0 aliphatic heterocycles. The van der Waals surface area contributed by atoms with Crippen molar-refractivity contribution in [2.45, 2.75) is 0 Å². The molecule has 0 radical (unpaired) electrons. The lowest BCUT2D eigenvalue weighted by molar-refractivity contribution is 1.06. The maximum atomic E-state index is 7.75. The summed E-state index contributed by atoms with van der Waals surface area (Å²) in [6.45, 7) is 15.5. The molecule has 0 fully saturated rings. The van der Waals surface area contributed by atoms with Crippen LogP contribution in [0.15, 0.2) is 206 Å². The summed E-state index contributed by atoms with van der Waals surface area (Å²) in [4.78, 5) is 33.4. The normalized spacial score (nSPS) is 11.0. The first kappa shape index (κ1) is 38.5. The van der Waals surface area contributed by atoms with Crippen LogP contribution >= 0.6 is 0 Å². The Morgan fingerprint density at radius 3 is 1.37 bits per heavy atom. The molecule has 0 bridgehead atoms. The molecule has 65 heavy (non-hydrogen) atoms. The van der Waals surface area contributed by atoms with Crippen LogP contribution in [0.5, 0.6) is 0 Å². The van der Waals surface area contributed by atoms with Gasteiger partial charge in [-0.1, -0.05) is 170 Å². The summed E-state index contributed by atoms with van der Waals surface area (Å²) in [6.07, 6.45) is 0. The van der Waals surface area contributed by atoms with E-state index in [1.807, 2.05) is 121 Å². The minimum Gasteiger partial charge on any atom is -0.308 e. The molecule has 11 rings (SSSR count). The van der Waals surface area contributed by atoms with Gasteiger partial charge in [0.05, 0.1) is 41.3 Å². The molecule has 302 valence electrons. The minimum absolute atomic E-state index is 0.416. The van der Waals surface area contributed by atoms with Crippen LogP contribution in [0.25, 0.3) is 116 Å². The van der Waals surface area contributed by atoms with Crippen molar-refractivity contribution in [2.75, 3.05) is 0 Å². The van der Waals surface area contributed by atoms with Crippen molar-refractivity contribution in [1.29, 1.82) is 0 Å². The molecule has 0 saturated carbocycles. The fourth-order valence-electron chi connectivity index (χ4n) is 8.37. The second kappa shape index (κ2) is 16.5. The van der Waals surface area contributed by atoms with Gasteiger partial charge in [-0.15, -0.1) is 0 Å². The quantitative estimate of drug-likeness (QED) is 0.143. The molecule has 8 aromatic carbocycles. The average Bonchev–Trinajstić information content (AvgIpc) is 3.72. The van der Waals surface area contributed by atoms with E-state index in [1.165, 1.54) is 0 Å². The lowest BCUT2D eigenvalue weighted by atomic mass is 10.0. The van der Waals surface area contributed by atoms with E-state index < -0.39 is 0 Å². The van der Waals surface area contributed by atoms with Gasteiger partial charge in [-0.05, 0) is 47.5 Å². The van der Waals surface area contributed by atoms with E-state index in [4.69, 9.17) is 38.1 Å². The fraction of sp³-hybridized carbons (Fsp3) is 0. The summed E-state index contributed by atoms with van der Waals surface area (Å²) >= 11 is 0.